The molecule has 8 heteroatoms. The van der Waals surface area contributed by atoms with Gasteiger partial charge in [0, 0.05) is 17.3 Å². The Kier molecular flexibility index (Phi) is 9.72. The Bertz CT molecular complexity index is 999. The van der Waals surface area contributed by atoms with Crippen LogP contribution in [0.4, 0.5) is 11.4 Å². The number of halogens is 1. The number of carbonyl (C=O) groups excluding carboxylic acids is 2. The summed E-state index contributed by atoms with van der Waals surface area (Å²) >= 11 is 11.9. The Hall–Kier alpha value is -2.64. The number of amides is 2. The number of thiocarbonyl (C=S) groups is 1. The zero-order valence-corrected chi connectivity index (χ0v) is 21.3. The SMILES string of the molecule is CCCCCCCN1C(=S)N(c2cccc(Cl)c2)C(=O)C1CC(=O)Nc1ccc(OCC)cc1. The molecule has 1 heterocycles. The van der Waals surface area contributed by atoms with Crippen molar-refractivity contribution in [3.63, 3.8) is 0 Å². The fraction of sp³-hybridized carbons (Fsp3) is 0.423. The number of nitrogens with one attached hydrogen (secondary N) is 1. The van der Waals surface area contributed by atoms with Crippen LogP contribution in [0.1, 0.15) is 52.4 Å². The third-order valence-corrected chi connectivity index (χ3v) is 6.37. The summed E-state index contributed by atoms with van der Waals surface area (Å²) in [5, 5.41) is 3.83. The Morgan fingerprint density at radius 2 is 1.82 bits per heavy atom. The first kappa shape index (κ1) is 26.0. The fourth-order valence-corrected chi connectivity index (χ4v) is 4.61. The summed E-state index contributed by atoms with van der Waals surface area (Å²) in [7, 11) is 0. The minimum absolute atomic E-state index is 0.0121. The molecule has 34 heavy (non-hydrogen) atoms. The average molecular weight is 502 g/mol. The second-order valence-corrected chi connectivity index (χ2v) is 9.07. The van der Waals surface area contributed by atoms with E-state index < -0.39 is 6.04 Å². The van der Waals surface area contributed by atoms with Crippen molar-refractivity contribution in [2.75, 3.05) is 23.4 Å². The van der Waals surface area contributed by atoms with Crippen molar-refractivity contribution in [3.8, 4) is 5.75 Å². The maximum Gasteiger partial charge on any atom is 0.256 e. The topological polar surface area (TPSA) is 61.9 Å². The van der Waals surface area contributed by atoms with E-state index in [0.29, 0.717) is 34.7 Å². The van der Waals surface area contributed by atoms with Gasteiger partial charge in [-0.05, 0) is 68.0 Å². The van der Waals surface area contributed by atoms with Gasteiger partial charge in [0.2, 0.25) is 5.91 Å². The normalized spacial score (nSPS) is 15.7. The number of hydrogen-bond acceptors (Lipinski definition) is 4. The molecular weight excluding hydrogens is 470 g/mol. The summed E-state index contributed by atoms with van der Waals surface area (Å²) in [5.41, 5.74) is 1.27. The molecule has 182 valence electrons. The van der Waals surface area contributed by atoms with Crippen LogP contribution in [-0.2, 0) is 9.59 Å². The van der Waals surface area contributed by atoms with Crippen LogP contribution >= 0.6 is 23.8 Å². The standard InChI is InChI=1S/C26H32ClN3O3S/c1-3-5-6-7-8-16-29-23(18-24(31)28-20-12-14-22(15-13-20)33-4-2)25(32)30(26(29)34)21-11-9-10-19(27)17-21/h9-15,17,23H,3-8,16,18H2,1-2H3,(H,28,31). The third-order valence-electron chi connectivity index (χ3n) is 5.72. The van der Waals surface area contributed by atoms with Crippen molar-refractivity contribution in [2.45, 2.75) is 58.4 Å². The van der Waals surface area contributed by atoms with E-state index in [4.69, 9.17) is 28.6 Å². The van der Waals surface area contributed by atoms with Crippen molar-refractivity contribution >= 4 is 52.1 Å². The van der Waals surface area contributed by atoms with E-state index >= 15 is 0 Å². The molecule has 2 amide bonds. The molecule has 2 aromatic rings. The number of hydrogen-bond donors (Lipinski definition) is 1. The van der Waals surface area contributed by atoms with E-state index in [0.717, 1.165) is 31.4 Å². The molecule has 2 aromatic carbocycles. The monoisotopic (exact) mass is 501 g/mol. The van der Waals surface area contributed by atoms with Gasteiger partial charge in [-0.1, -0.05) is 50.3 Å². The highest BCUT2D eigenvalue weighted by molar-refractivity contribution is 7.80. The van der Waals surface area contributed by atoms with Gasteiger partial charge in [-0.2, -0.15) is 0 Å². The molecule has 0 bridgehead atoms. The second-order valence-electron chi connectivity index (χ2n) is 8.27. The van der Waals surface area contributed by atoms with Gasteiger partial charge in [-0.25, -0.2) is 0 Å². The van der Waals surface area contributed by atoms with Gasteiger partial charge >= 0.3 is 0 Å². The summed E-state index contributed by atoms with van der Waals surface area (Å²) in [6, 6.07) is 13.6. The number of rotatable bonds is 12. The van der Waals surface area contributed by atoms with E-state index in [-0.39, 0.29) is 18.2 Å². The van der Waals surface area contributed by atoms with Crippen molar-refractivity contribution in [1.82, 2.24) is 4.90 Å². The average Bonchev–Trinajstić information content (AvgIpc) is 3.04. The largest absolute Gasteiger partial charge is 0.494 e. The molecule has 1 fully saturated rings. The Labute approximate surface area is 212 Å². The molecule has 0 saturated carbocycles. The molecule has 0 aliphatic carbocycles. The van der Waals surface area contributed by atoms with Crippen molar-refractivity contribution in [2.24, 2.45) is 0 Å². The number of carbonyl (C=O) groups is 2. The Morgan fingerprint density at radius 1 is 1.09 bits per heavy atom. The molecule has 6 nitrogen and oxygen atoms in total. The first-order valence-corrected chi connectivity index (χ1v) is 12.7. The summed E-state index contributed by atoms with van der Waals surface area (Å²) < 4.78 is 5.44. The first-order valence-electron chi connectivity index (χ1n) is 11.9. The molecule has 0 spiro atoms. The summed E-state index contributed by atoms with van der Waals surface area (Å²) in [4.78, 5) is 29.7. The van der Waals surface area contributed by atoms with E-state index in [2.05, 4.69) is 12.2 Å². The van der Waals surface area contributed by atoms with E-state index in [1.807, 2.05) is 11.8 Å². The zero-order valence-electron chi connectivity index (χ0n) is 19.8. The van der Waals surface area contributed by atoms with Gasteiger partial charge < -0.3 is 15.0 Å². The summed E-state index contributed by atoms with van der Waals surface area (Å²) in [6.07, 6.45) is 5.48. The number of benzene rings is 2. The Balaban J connectivity index is 1.73. The van der Waals surface area contributed by atoms with Crippen LogP contribution in [0.3, 0.4) is 0 Å². The predicted octanol–water partition coefficient (Wildman–Crippen LogP) is 6.04. The lowest BCUT2D eigenvalue weighted by Crippen LogP contribution is -2.38. The lowest BCUT2D eigenvalue weighted by Gasteiger charge is -2.24. The van der Waals surface area contributed by atoms with E-state index in [9.17, 15) is 9.59 Å². The smallest absolute Gasteiger partial charge is 0.256 e. The summed E-state index contributed by atoms with van der Waals surface area (Å²) in [6.45, 7) is 5.30. The zero-order chi connectivity index (χ0) is 24.5. The minimum Gasteiger partial charge on any atom is -0.494 e. The maximum atomic E-state index is 13.4. The molecule has 1 saturated heterocycles. The quantitative estimate of drug-likeness (QED) is 0.284. The third kappa shape index (κ3) is 6.70. The molecule has 0 aromatic heterocycles. The number of anilines is 2. The van der Waals surface area contributed by atoms with Crippen molar-refractivity contribution in [3.05, 3.63) is 53.6 Å². The van der Waals surface area contributed by atoms with Gasteiger partial charge in [0.05, 0.1) is 18.7 Å². The molecule has 3 rings (SSSR count). The van der Waals surface area contributed by atoms with Gasteiger partial charge in [0.1, 0.15) is 11.8 Å². The van der Waals surface area contributed by atoms with E-state index in [1.54, 1.807) is 48.5 Å². The van der Waals surface area contributed by atoms with Crippen LogP contribution in [0, 0.1) is 0 Å². The minimum atomic E-state index is -0.652. The van der Waals surface area contributed by atoms with Crippen molar-refractivity contribution in [1.29, 1.82) is 0 Å². The molecular formula is C26H32ClN3O3S. The highest BCUT2D eigenvalue weighted by Gasteiger charge is 2.43. The van der Waals surface area contributed by atoms with Crippen LogP contribution in [-0.4, -0.2) is 41.0 Å². The van der Waals surface area contributed by atoms with Gasteiger partial charge in [-0.3, -0.25) is 14.5 Å². The second kappa shape index (κ2) is 12.7. The molecule has 1 unspecified atom stereocenters. The van der Waals surface area contributed by atoms with Crippen LogP contribution in [0.15, 0.2) is 48.5 Å². The molecule has 1 N–H and O–H groups in total. The fourth-order valence-electron chi connectivity index (χ4n) is 4.01. The van der Waals surface area contributed by atoms with Crippen LogP contribution in [0.25, 0.3) is 0 Å². The lowest BCUT2D eigenvalue weighted by molar-refractivity contribution is -0.124. The Morgan fingerprint density at radius 3 is 2.50 bits per heavy atom. The maximum absolute atomic E-state index is 13.4. The number of nitrogens with zero attached hydrogens (tertiary/aromatic N) is 2. The number of unbranched alkanes of at least 4 members (excludes halogenated alkanes) is 4. The van der Waals surface area contributed by atoms with Gasteiger partial charge in [0.15, 0.2) is 5.11 Å². The van der Waals surface area contributed by atoms with Crippen LogP contribution < -0.4 is 15.0 Å². The van der Waals surface area contributed by atoms with E-state index in [1.165, 1.54) is 11.3 Å². The molecule has 1 aliphatic heterocycles. The molecule has 1 atom stereocenters. The van der Waals surface area contributed by atoms with Crippen molar-refractivity contribution < 1.29 is 14.3 Å². The van der Waals surface area contributed by atoms with Gasteiger partial charge in [0.25, 0.3) is 5.91 Å². The molecule has 1 aliphatic rings. The highest BCUT2D eigenvalue weighted by atomic mass is 35.5. The lowest BCUT2D eigenvalue weighted by atomic mass is 10.1. The van der Waals surface area contributed by atoms with Gasteiger partial charge in [-0.15, -0.1) is 0 Å². The van der Waals surface area contributed by atoms with Crippen LogP contribution in [0.5, 0.6) is 5.75 Å². The summed E-state index contributed by atoms with van der Waals surface area (Å²) in [5.74, 6) is 0.292. The highest BCUT2D eigenvalue weighted by Crippen LogP contribution is 2.29. The molecule has 0 radical (unpaired) electrons. The first-order chi connectivity index (χ1) is 16.4. The predicted molar refractivity (Wildman–Crippen MR) is 142 cm³/mol. The number of ether oxygens (including phenoxy) is 1. The van der Waals surface area contributed by atoms with Crippen LogP contribution in [0.2, 0.25) is 5.02 Å².